The van der Waals surface area contributed by atoms with Gasteiger partial charge in [-0.05, 0) is 53.7 Å². The molecule has 0 heterocycles. The third-order valence-electron chi connectivity index (χ3n) is 2.55. The smallest absolute Gasteiger partial charge is 0.412 e. The van der Waals surface area contributed by atoms with Crippen LogP contribution in [0.5, 0.6) is 0 Å². The summed E-state index contributed by atoms with van der Waals surface area (Å²) < 4.78 is 10.7. The fourth-order valence-corrected chi connectivity index (χ4v) is 1.80. The van der Waals surface area contributed by atoms with Gasteiger partial charge < -0.3 is 19.9 Å². The van der Waals surface area contributed by atoms with E-state index in [0.29, 0.717) is 11.4 Å². The molecule has 0 spiro atoms. The van der Waals surface area contributed by atoms with E-state index in [1.54, 1.807) is 32.9 Å². The molecule has 0 aliphatic rings. The first-order valence-electron chi connectivity index (χ1n) is 7.59. The average Bonchev–Trinajstić information content (AvgIpc) is 2.27. The fourth-order valence-electron chi connectivity index (χ4n) is 1.80. The molecule has 0 aliphatic carbocycles. The number of carbonyl (C=O) groups excluding carboxylic acids is 1. The van der Waals surface area contributed by atoms with E-state index in [4.69, 9.17) is 9.47 Å². The lowest BCUT2D eigenvalue weighted by Crippen LogP contribution is -2.33. The van der Waals surface area contributed by atoms with Crippen molar-refractivity contribution in [2.24, 2.45) is 0 Å². The Kier molecular flexibility index (Phi) is 6.07. The summed E-state index contributed by atoms with van der Waals surface area (Å²) in [6.07, 6.45) is -1.76. The third-order valence-corrected chi connectivity index (χ3v) is 2.55. The first-order valence-corrected chi connectivity index (χ1v) is 7.59. The second-order valence-electron chi connectivity index (χ2n) is 7.40. The second-order valence-corrected chi connectivity index (χ2v) is 7.40. The van der Waals surface area contributed by atoms with Crippen molar-refractivity contribution in [1.29, 1.82) is 0 Å². The van der Waals surface area contributed by atoms with Crippen LogP contribution in [-0.4, -0.2) is 36.7 Å². The number of anilines is 2. The van der Waals surface area contributed by atoms with Crippen molar-refractivity contribution in [1.82, 2.24) is 0 Å². The summed E-state index contributed by atoms with van der Waals surface area (Å²) in [4.78, 5) is 12.0. The van der Waals surface area contributed by atoms with Crippen LogP contribution in [0.4, 0.5) is 16.2 Å². The summed E-state index contributed by atoms with van der Waals surface area (Å²) in [5.41, 5.74) is 0.925. The summed E-state index contributed by atoms with van der Waals surface area (Å²) in [5.74, 6) is 0. The van der Waals surface area contributed by atoms with Gasteiger partial charge in [0, 0.05) is 0 Å². The van der Waals surface area contributed by atoms with Gasteiger partial charge in [-0.25, -0.2) is 4.79 Å². The first kappa shape index (κ1) is 19.3. The molecule has 128 valence electrons. The Hall–Kier alpha value is -1.73. The van der Waals surface area contributed by atoms with Crippen LogP contribution in [0.15, 0.2) is 18.2 Å². The van der Waals surface area contributed by atoms with Crippen LogP contribution < -0.4 is 16.1 Å². The van der Waals surface area contributed by atoms with Crippen molar-refractivity contribution in [2.45, 2.75) is 59.2 Å². The van der Waals surface area contributed by atoms with Gasteiger partial charge >= 0.3 is 6.09 Å². The molecule has 7 heteroatoms. The molecule has 0 bridgehead atoms. The zero-order valence-corrected chi connectivity index (χ0v) is 15.0. The van der Waals surface area contributed by atoms with Crippen LogP contribution in [0, 0.1) is 0 Å². The minimum atomic E-state index is -1.20. The van der Waals surface area contributed by atoms with Crippen LogP contribution in [0.25, 0.3) is 0 Å². The van der Waals surface area contributed by atoms with Crippen molar-refractivity contribution in [3.05, 3.63) is 18.2 Å². The summed E-state index contributed by atoms with van der Waals surface area (Å²) in [5, 5.41) is 15.5. The van der Waals surface area contributed by atoms with Gasteiger partial charge in [-0.1, -0.05) is 11.5 Å². The van der Waals surface area contributed by atoms with Crippen LogP contribution in [-0.2, 0) is 9.47 Å². The Morgan fingerprint density at radius 3 is 2.26 bits per heavy atom. The Balaban J connectivity index is 2.87. The highest BCUT2D eigenvalue weighted by Gasteiger charge is 2.20. The summed E-state index contributed by atoms with van der Waals surface area (Å²) in [6.45, 7) is 10.9. The Bertz CT molecular complexity index is 550. The maximum Gasteiger partial charge on any atom is 0.412 e. The van der Waals surface area contributed by atoms with Gasteiger partial charge in [-0.3, -0.25) is 5.32 Å². The number of aliphatic hydroxyl groups excluding tert-OH is 1. The molecule has 1 atom stereocenters. The fraction of sp³-hybridized carbons (Fsp3) is 0.562. The average molecular weight is 322 g/mol. The minimum absolute atomic E-state index is 0.504. The molecule has 0 aliphatic heterocycles. The standard InChI is InChI=1S/C16H27BN2O4/c1-15(2,3)22-13(20)18-11-8-7-10(17)9-12(11)19-14(21)23-16(4,5)6/h7-9,13,18,20H,17H2,1-6H3,(H,19,21). The Morgan fingerprint density at radius 1 is 1.13 bits per heavy atom. The van der Waals surface area contributed by atoms with Crippen molar-refractivity contribution in [2.75, 3.05) is 10.6 Å². The van der Waals surface area contributed by atoms with E-state index in [1.165, 1.54) is 0 Å². The number of benzene rings is 1. The maximum absolute atomic E-state index is 12.0. The molecule has 0 fully saturated rings. The van der Waals surface area contributed by atoms with E-state index < -0.39 is 23.7 Å². The zero-order valence-electron chi connectivity index (χ0n) is 15.0. The molecule has 1 amide bonds. The molecule has 23 heavy (non-hydrogen) atoms. The molecule has 1 aromatic carbocycles. The summed E-state index contributed by atoms with van der Waals surface area (Å²) >= 11 is 0. The highest BCUT2D eigenvalue weighted by Crippen LogP contribution is 2.23. The number of ether oxygens (including phenoxy) is 2. The number of aliphatic hydroxyl groups is 1. The van der Waals surface area contributed by atoms with Gasteiger partial charge in [-0.2, -0.15) is 0 Å². The third kappa shape index (κ3) is 7.90. The number of rotatable bonds is 4. The molecule has 0 radical (unpaired) electrons. The topological polar surface area (TPSA) is 79.8 Å². The lowest BCUT2D eigenvalue weighted by atomic mass is 9.95. The van der Waals surface area contributed by atoms with Gasteiger partial charge in [0.15, 0.2) is 0 Å². The predicted molar refractivity (Wildman–Crippen MR) is 94.9 cm³/mol. The normalized spacial score (nSPS) is 13.3. The highest BCUT2D eigenvalue weighted by atomic mass is 16.6. The van der Waals surface area contributed by atoms with Gasteiger partial charge in [0.2, 0.25) is 6.41 Å². The summed E-state index contributed by atoms with van der Waals surface area (Å²) in [6, 6.07) is 5.42. The molecule has 1 aromatic rings. The first-order chi connectivity index (χ1) is 10.4. The van der Waals surface area contributed by atoms with Crippen LogP contribution >= 0.6 is 0 Å². The van der Waals surface area contributed by atoms with E-state index in [0.717, 1.165) is 5.46 Å². The van der Waals surface area contributed by atoms with Crippen molar-refractivity contribution in [3.63, 3.8) is 0 Å². The monoisotopic (exact) mass is 322 g/mol. The highest BCUT2D eigenvalue weighted by molar-refractivity contribution is 6.32. The Labute approximate surface area is 139 Å². The van der Waals surface area contributed by atoms with Crippen LogP contribution in [0.1, 0.15) is 41.5 Å². The van der Waals surface area contributed by atoms with E-state index in [2.05, 4.69) is 10.6 Å². The number of hydrogen-bond acceptors (Lipinski definition) is 5. The molecular weight excluding hydrogens is 295 g/mol. The molecular formula is C16H27BN2O4. The van der Waals surface area contributed by atoms with E-state index >= 15 is 0 Å². The molecule has 1 unspecified atom stereocenters. The van der Waals surface area contributed by atoms with E-state index in [1.807, 2.05) is 34.7 Å². The van der Waals surface area contributed by atoms with Gasteiger partial charge in [-0.15, -0.1) is 0 Å². The SMILES string of the molecule is Bc1ccc(NC(O)OC(C)(C)C)c(NC(=O)OC(C)(C)C)c1. The molecule has 6 nitrogen and oxygen atoms in total. The number of hydrogen-bond donors (Lipinski definition) is 3. The zero-order chi connectivity index (χ0) is 17.8. The lowest BCUT2D eigenvalue weighted by Gasteiger charge is -2.26. The number of amides is 1. The molecule has 1 rings (SSSR count). The second kappa shape index (κ2) is 7.23. The Morgan fingerprint density at radius 2 is 1.74 bits per heavy atom. The maximum atomic E-state index is 12.0. The number of carbonyl (C=O) groups is 1. The van der Waals surface area contributed by atoms with E-state index in [9.17, 15) is 9.90 Å². The van der Waals surface area contributed by atoms with Crippen molar-refractivity contribution in [3.8, 4) is 0 Å². The van der Waals surface area contributed by atoms with Crippen molar-refractivity contribution < 1.29 is 19.4 Å². The quantitative estimate of drug-likeness (QED) is 0.582. The van der Waals surface area contributed by atoms with E-state index in [-0.39, 0.29) is 0 Å². The van der Waals surface area contributed by atoms with Crippen LogP contribution in [0.3, 0.4) is 0 Å². The molecule has 0 saturated heterocycles. The molecule has 0 saturated carbocycles. The van der Waals surface area contributed by atoms with Gasteiger partial charge in [0.1, 0.15) is 13.4 Å². The molecule has 3 N–H and O–H groups in total. The van der Waals surface area contributed by atoms with Crippen molar-refractivity contribution >= 4 is 30.8 Å². The molecule has 0 aromatic heterocycles. The number of nitrogens with one attached hydrogen (secondary N) is 2. The van der Waals surface area contributed by atoms with Gasteiger partial charge in [0.05, 0.1) is 17.0 Å². The van der Waals surface area contributed by atoms with Gasteiger partial charge in [0.25, 0.3) is 0 Å². The minimum Gasteiger partial charge on any atom is -0.444 e. The van der Waals surface area contributed by atoms with Crippen LogP contribution in [0.2, 0.25) is 0 Å². The summed E-state index contributed by atoms with van der Waals surface area (Å²) in [7, 11) is 1.91. The predicted octanol–water partition coefficient (Wildman–Crippen LogP) is 1.79. The lowest BCUT2D eigenvalue weighted by molar-refractivity contribution is -0.148. The largest absolute Gasteiger partial charge is 0.444 e.